The second kappa shape index (κ2) is 6.42. The third-order valence-electron chi connectivity index (χ3n) is 3.66. The SMILES string of the molecule is CCOc1cc(O)c(-c2[nH]ncc2-c2csc(C)n2)cc1CC. The summed E-state index contributed by atoms with van der Waals surface area (Å²) in [4.78, 5) is 4.51. The number of ether oxygens (including phenoxy) is 1. The van der Waals surface area contributed by atoms with Crippen molar-refractivity contribution in [2.75, 3.05) is 6.61 Å². The standard InChI is InChI=1S/C17H19N3O2S/c1-4-11-6-12(15(21)7-16(11)22-5-2)17-13(8-18-20-17)14-9-23-10(3)19-14/h6-9,21H,4-5H2,1-3H3,(H,18,20). The normalized spacial score (nSPS) is 10.9. The zero-order valence-electron chi connectivity index (χ0n) is 13.4. The van der Waals surface area contributed by atoms with E-state index in [1.54, 1.807) is 23.6 Å². The molecule has 0 spiro atoms. The summed E-state index contributed by atoms with van der Waals surface area (Å²) in [5.74, 6) is 0.893. The molecule has 5 nitrogen and oxygen atoms in total. The number of aromatic amines is 1. The highest BCUT2D eigenvalue weighted by atomic mass is 32.1. The van der Waals surface area contributed by atoms with Gasteiger partial charge in [-0.15, -0.1) is 11.3 Å². The molecule has 0 amide bonds. The number of nitrogens with zero attached hydrogens (tertiary/aromatic N) is 2. The number of H-pyrrole nitrogens is 1. The van der Waals surface area contributed by atoms with Gasteiger partial charge in [0.1, 0.15) is 11.5 Å². The van der Waals surface area contributed by atoms with Gasteiger partial charge in [-0.05, 0) is 31.9 Å². The average molecular weight is 329 g/mol. The predicted molar refractivity (Wildman–Crippen MR) is 92.1 cm³/mol. The molecule has 1 aromatic carbocycles. The monoisotopic (exact) mass is 329 g/mol. The van der Waals surface area contributed by atoms with Crippen molar-refractivity contribution in [3.63, 3.8) is 0 Å². The van der Waals surface area contributed by atoms with Crippen molar-refractivity contribution in [3.05, 3.63) is 34.3 Å². The van der Waals surface area contributed by atoms with Gasteiger partial charge >= 0.3 is 0 Å². The number of nitrogens with one attached hydrogen (secondary N) is 1. The van der Waals surface area contributed by atoms with Crippen LogP contribution in [0.2, 0.25) is 0 Å². The van der Waals surface area contributed by atoms with Gasteiger partial charge in [-0.3, -0.25) is 5.10 Å². The first kappa shape index (κ1) is 15.6. The number of hydrogen-bond donors (Lipinski definition) is 2. The minimum atomic E-state index is 0.170. The molecule has 0 atom stereocenters. The topological polar surface area (TPSA) is 71.0 Å². The van der Waals surface area contributed by atoms with E-state index >= 15 is 0 Å². The summed E-state index contributed by atoms with van der Waals surface area (Å²) < 4.78 is 5.60. The first-order valence-corrected chi connectivity index (χ1v) is 8.46. The van der Waals surface area contributed by atoms with Gasteiger partial charge in [0.2, 0.25) is 0 Å². The van der Waals surface area contributed by atoms with Gasteiger partial charge in [-0.2, -0.15) is 5.10 Å². The van der Waals surface area contributed by atoms with Crippen LogP contribution in [0.1, 0.15) is 24.4 Å². The summed E-state index contributed by atoms with van der Waals surface area (Å²) >= 11 is 1.59. The molecule has 0 aliphatic carbocycles. The minimum absolute atomic E-state index is 0.170. The van der Waals surface area contributed by atoms with Gasteiger partial charge in [-0.25, -0.2) is 4.98 Å². The number of aromatic hydroxyl groups is 1. The Bertz CT molecular complexity index is 823. The Morgan fingerprint density at radius 3 is 2.74 bits per heavy atom. The number of benzene rings is 1. The number of aryl methyl sites for hydroxylation is 2. The summed E-state index contributed by atoms with van der Waals surface area (Å²) in [6, 6.07) is 3.63. The zero-order chi connectivity index (χ0) is 16.4. The van der Waals surface area contributed by atoms with Gasteiger partial charge in [-0.1, -0.05) is 6.92 Å². The molecule has 3 aromatic rings. The van der Waals surface area contributed by atoms with Crippen molar-refractivity contribution in [2.45, 2.75) is 27.2 Å². The molecule has 6 heteroatoms. The molecular formula is C17H19N3O2S. The fourth-order valence-electron chi connectivity index (χ4n) is 2.55. The Kier molecular flexibility index (Phi) is 4.34. The van der Waals surface area contributed by atoms with Crippen LogP contribution in [0.25, 0.3) is 22.5 Å². The fraction of sp³-hybridized carbons (Fsp3) is 0.294. The number of rotatable bonds is 5. The third-order valence-corrected chi connectivity index (χ3v) is 4.44. The van der Waals surface area contributed by atoms with Crippen LogP contribution in [0.15, 0.2) is 23.7 Å². The maximum Gasteiger partial charge on any atom is 0.128 e. The largest absolute Gasteiger partial charge is 0.507 e. The minimum Gasteiger partial charge on any atom is -0.507 e. The second-order valence-corrected chi connectivity index (χ2v) is 6.24. The molecule has 0 aliphatic rings. The molecule has 3 rings (SSSR count). The van der Waals surface area contributed by atoms with Crippen LogP contribution in [0, 0.1) is 6.92 Å². The van der Waals surface area contributed by atoms with Crippen molar-refractivity contribution < 1.29 is 9.84 Å². The molecule has 120 valence electrons. The second-order valence-electron chi connectivity index (χ2n) is 5.17. The smallest absolute Gasteiger partial charge is 0.128 e. The van der Waals surface area contributed by atoms with Crippen molar-refractivity contribution in [1.29, 1.82) is 0 Å². The van der Waals surface area contributed by atoms with Gasteiger partial charge in [0, 0.05) is 22.6 Å². The van der Waals surface area contributed by atoms with Crippen molar-refractivity contribution in [3.8, 4) is 34.0 Å². The first-order chi connectivity index (χ1) is 11.1. The van der Waals surface area contributed by atoms with E-state index in [4.69, 9.17) is 4.74 Å². The van der Waals surface area contributed by atoms with E-state index in [-0.39, 0.29) is 5.75 Å². The van der Waals surface area contributed by atoms with Crippen molar-refractivity contribution >= 4 is 11.3 Å². The number of phenols is 1. The summed E-state index contributed by atoms with van der Waals surface area (Å²) in [7, 11) is 0. The molecule has 2 N–H and O–H groups in total. The quantitative estimate of drug-likeness (QED) is 0.737. The van der Waals surface area contributed by atoms with Crippen LogP contribution in [0.5, 0.6) is 11.5 Å². The van der Waals surface area contributed by atoms with E-state index in [2.05, 4.69) is 22.1 Å². The van der Waals surface area contributed by atoms with Crippen LogP contribution >= 0.6 is 11.3 Å². The average Bonchev–Trinajstić information content (AvgIpc) is 3.16. The van der Waals surface area contributed by atoms with Gasteiger partial charge in [0.05, 0.1) is 29.2 Å². The van der Waals surface area contributed by atoms with Crippen LogP contribution in [-0.2, 0) is 6.42 Å². The number of aromatic nitrogens is 3. The van der Waals surface area contributed by atoms with Gasteiger partial charge in [0.15, 0.2) is 0 Å². The molecule has 0 unspecified atom stereocenters. The molecule has 0 fully saturated rings. The Labute approximate surface area is 139 Å². The fourth-order valence-corrected chi connectivity index (χ4v) is 3.17. The van der Waals surface area contributed by atoms with Crippen molar-refractivity contribution in [1.82, 2.24) is 15.2 Å². The molecule has 23 heavy (non-hydrogen) atoms. The lowest BCUT2D eigenvalue weighted by atomic mass is 10.0. The molecule has 2 heterocycles. The predicted octanol–water partition coefficient (Wildman–Crippen LogP) is 4.18. The number of thiazole rings is 1. The molecule has 0 aliphatic heterocycles. The van der Waals surface area contributed by atoms with Crippen LogP contribution in [0.4, 0.5) is 0 Å². The molecule has 0 bridgehead atoms. The maximum atomic E-state index is 10.4. The van der Waals surface area contributed by atoms with E-state index in [1.807, 2.05) is 25.3 Å². The molecule has 0 radical (unpaired) electrons. The third kappa shape index (κ3) is 2.94. The molecule has 0 saturated carbocycles. The summed E-state index contributed by atoms with van der Waals surface area (Å²) in [5.41, 5.74) is 4.28. The summed E-state index contributed by atoms with van der Waals surface area (Å²) in [6.07, 6.45) is 2.56. The zero-order valence-corrected chi connectivity index (χ0v) is 14.2. The number of hydrogen-bond acceptors (Lipinski definition) is 5. The van der Waals surface area contributed by atoms with Crippen molar-refractivity contribution in [2.24, 2.45) is 0 Å². The van der Waals surface area contributed by atoms with Gasteiger partial charge in [0.25, 0.3) is 0 Å². The van der Waals surface area contributed by atoms with Crippen LogP contribution in [-0.4, -0.2) is 26.9 Å². The molecular weight excluding hydrogens is 310 g/mol. The highest BCUT2D eigenvalue weighted by Gasteiger charge is 2.17. The molecule has 0 saturated heterocycles. The Morgan fingerprint density at radius 1 is 1.26 bits per heavy atom. The maximum absolute atomic E-state index is 10.4. The van der Waals surface area contributed by atoms with E-state index in [0.717, 1.165) is 39.7 Å². The Balaban J connectivity index is 2.11. The van der Waals surface area contributed by atoms with Gasteiger partial charge < -0.3 is 9.84 Å². The Hall–Kier alpha value is -2.34. The Morgan fingerprint density at radius 2 is 2.09 bits per heavy atom. The molecule has 2 aromatic heterocycles. The van der Waals surface area contributed by atoms with Crippen LogP contribution < -0.4 is 4.74 Å². The van der Waals surface area contributed by atoms with E-state index < -0.39 is 0 Å². The van der Waals surface area contributed by atoms with E-state index in [0.29, 0.717) is 12.2 Å². The summed E-state index contributed by atoms with van der Waals surface area (Å²) in [5, 5.41) is 20.6. The lowest BCUT2D eigenvalue weighted by Crippen LogP contribution is -1.97. The summed E-state index contributed by atoms with van der Waals surface area (Å²) in [6.45, 7) is 6.54. The van der Waals surface area contributed by atoms with Crippen LogP contribution in [0.3, 0.4) is 0 Å². The first-order valence-electron chi connectivity index (χ1n) is 7.59. The highest BCUT2D eigenvalue weighted by molar-refractivity contribution is 7.09. The lowest BCUT2D eigenvalue weighted by molar-refractivity contribution is 0.334. The highest BCUT2D eigenvalue weighted by Crippen LogP contribution is 2.39. The van der Waals surface area contributed by atoms with E-state index in [1.165, 1.54) is 0 Å². The van der Waals surface area contributed by atoms with E-state index in [9.17, 15) is 5.11 Å². The lowest BCUT2D eigenvalue weighted by Gasteiger charge is -2.13. The number of phenolic OH excluding ortho intramolecular Hbond substituents is 1.